The molecule has 0 saturated carbocycles. The van der Waals surface area contributed by atoms with Crippen molar-refractivity contribution in [2.24, 2.45) is 0 Å². The standard InChI is InChI=1S/C11H17ClN2O/c1-8(15)4-3-7-14-11-9(12)5-2-6-10(11)13/h2,5-6,8,14-15H,3-4,7,13H2,1H3. The van der Waals surface area contributed by atoms with E-state index in [-0.39, 0.29) is 6.10 Å². The van der Waals surface area contributed by atoms with Crippen LogP contribution in [0.25, 0.3) is 0 Å². The second-order valence-corrected chi connectivity index (χ2v) is 4.03. The lowest BCUT2D eigenvalue weighted by atomic mass is 10.2. The van der Waals surface area contributed by atoms with E-state index >= 15 is 0 Å². The Bertz CT molecular complexity index is 295. The predicted octanol–water partition coefficient (Wildman–Crippen LogP) is 2.50. The third-order valence-corrected chi connectivity index (χ3v) is 2.46. The van der Waals surface area contributed by atoms with Gasteiger partial charge in [-0.3, -0.25) is 0 Å². The van der Waals surface area contributed by atoms with Gasteiger partial charge in [0.25, 0.3) is 0 Å². The van der Waals surface area contributed by atoms with Gasteiger partial charge in [0.05, 0.1) is 22.5 Å². The summed E-state index contributed by atoms with van der Waals surface area (Å²) in [4.78, 5) is 0. The lowest BCUT2D eigenvalue weighted by Gasteiger charge is -2.11. The lowest BCUT2D eigenvalue weighted by molar-refractivity contribution is 0.183. The zero-order valence-corrected chi connectivity index (χ0v) is 9.59. The number of hydrogen-bond acceptors (Lipinski definition) is 3. The van der Waals surface area contributed by atoms with E-state index in [4.69, 9.17) is 22.4 Å². The van der Waals surface area contributed by atoms with E-state index in [9.17, 15) is 0 Å². The zero-order valence-electron chi connectivity index (χ0n) is 8.83. The molecule has 15 heavy (non-hydrogen) atoms. The van der Waals surface area contributed by atoms with E-state index < -0.39 is 0 Å². The Morgan fingerprint density at radius 1 is 1.53 bits per heavy atom. The number of nitrogens with two attached hydrogens (primary N) is 1. The first-order chi connectivity index (χ1) is 7.11. The maximum absolute atomic E-state index is 9.08. The molecule has 1 aromatic carbocycles. The molecule has 4 N–H and O–H groups in total. The van der Waals surface area contributed by atoms with E-state index in [1.54, 1.807) is 13.0 Å². The van der Waals surface area contributed by atoms with E-state index in [1.807, 2.05) is 12.1 Å². The Morgan fingerprint density at radius 3 is 2.87 bits per heavy atom. The summed E-state index contributed by atoms with van der Waals surface area (Å²) in [6.07, 6.45) is 1.41. The first-order valence-corrected chi connectivity index (χ1v) is 5.45. The van der Waals surface area contributed by atoms with Crippen molar-refractivity contribution >= 4 is 23.0 Å². The summed E-state index contributed by atoms with van der Waals surface area (Å²) in [6, 6.07) is 5.43. The molecule has 1 unspecified atom stereocenters. The molecule has 0 heterocycles. The van der Waals surface area contributed by atoms with Crippen molar-refractivity contribution in [1.29, 1.82) is 0 Å². The van der Waals surface area contributed by atoms with Gasteiger partial charge in [-0.2, -0.15) is 0 Å². The maximum Gasteiger partial charge on any atom is 0.0763 e. The maximum atomic E-state index is 9.08. The molecular weight excluding hydrogens is 212 g/mol. The molecule has 0 aliphatic rings. The smallest absolute Gasteiger partial charge is 0.0763 e. The Labute approximate surface area is 95.2 Å². The summed E-state index contributed by atoms with van der Waals surface area (Å²) < 4.78 is 0. The van der Waals surface area contributed by atoms with Gasteiger partial charge in [0.15, 0.2) is 0 Å². The highest BCUT2D eigenvalue weighted by atomic mass is 35.5. The third-order valence-electron chi connectivity index (χ3n) is 2.15. The minimum absolute atomic E-state index is 0.254. The largest absolute Gasteiger partial charge is 0.397 e. The lowest BCUT2D eigenvalue weighted by Crippen LogP contribution is -2.08. The summed E-state index contributed by atoms with van der Waals surface area (Å²) in [5.41, 5.74) is 7.20. The molecular formula is C11H17ClN2O. The summed E-state index contributed by atoms with van der Waals surface area (Å²) >= 11 is 5.98. The molecule has 84 valence electrons. The molecule has 0 amide bonds. The minimum atomic E-state index is -0.254. The highest BCUT2D eigenvalue weighted by Crippen LogP contribution is 2.27. The predicted molar refractivity (Wildman–Crippen MR) is 65.3 cm³/mol. The van der Waals surface area contributed by atoms with Crippen molar-refractivity contribution in [3.05, 3.63) is 23.2 Å². The molecule has 4 heteroatoms. The van der Waals surface area contributed by atoms with Gasteiger partial charge in [-0.1, -0.05) is 17.7 Å². The fourth-order valence-corrected chi connectivity index (χ4v) is 1.59. The Hall–Kier alpha value is -0.930. The Morgan fingerprint density at radius 2 is 2.27 bits per heavy atom. The number of rotatable bonds is 5. The van der Waals surface area contributed by atoms with Crippen LogP contribution in [0.1, 0.15) is 19.8 Å². The minimum Gasteiger partial charge on any atom is -0.397 e. The van der Waals surface area contributed by atoms with Gasteiger partial charge in [0, 0.05) is 6.54 Å². The first kappa shape index (κ1) is 12.1. The van der Waals surface area contributed by atoms with Crippen LogP contribution in [0.4, 0.5) is 11.4 Å². The molecule has 0 saturated heterocycles. The summed E-state index contributed by atoms with van der Waals surface area (Å²) in [6.45, 7) is 2.54. The average Bonchev–Trinajstić information content (AvgIpc) is 2.15. The molecule has 1 atom stereocenters. The van der Waals surface area contributed by atoms with Gasteiger partial charge in [0.2, 0.25) is 0 Å². The van der Waals surface area contributed by atoms with Crippen LogP contribution in [0.2, 0.25) is 5.02 Å². The highest BCUT2D eigenvalue weighted by molar-refractivity contribution is 6.33. The number of nitrogens with one attached hydrogen (secondary N) is 1. The van der Waals surface area contributed by atoms with E-state index in [0.717, 1.165) is 25.1 Å². The van der Waals surface area contributed by atoms with E-state index in [2.05, 4.69) is 5.32 Å². The second-order valence-electron chi connectivity index (χ2n) is 3.62. The van der Waals surface area contributed by atoms with Gasteiger partial charge >= 0.3 is 0 Å². The number of aliphatic hydroxyl groups is 1. The molecule has 0 aliphatic heterocycles. The normalized spacial score (nSPS) is 12.5. The van der Waals surface area contributed by atoms with Crippen molar-refractivity contribution in [2.75, 3.05) is 17.6 Å². The topological polar surface area (TPSA) is 58.3 Å². The number of aliphatic hydroxyl groups excluding tert-OH is 1. The van der Waals surface area contributed by atoms with Crippen molar-refractivity contribution in [3.63, 3.8) is 0 Å². The molecule has 0 radical (unpaired) electrons. The average molecular weight is 229 g/mol. The molecule has 0 bridgehead atoms. The van der Waals surface area contributed by atoms with Crippen LogP contribution in [-0.4, -0.2) is 17.8 Å². The Kier molecular flexibility index (Phi) is 4.72. The number of para-hydroxylation sites is 1. The third kappa shape index (κ3) is 3.98. The van der Waals surface area contributed by atoms with Crippen LogP contribution in [0, 0.1) is 0 Å². The van der Waals surface area contributed by atoms with Crippen LogP contribution in [0.5, 0.6) is 0 Å². The first-order valence-electron chi connectivity index (χ1n) is 5.07. The number of halogens is 1. The number of anilines is 2. The van der Waals surface area contributed by atoms with Gasteiger partial charge in [-0.15, -0.1) is 0 Å². The number of benzene rings is 1. The molecule has 0 fully saturated rings. The molecule has 0 aliphatic carbocycles. The van der Waals surface area contributed by atoms with Gasteiger partial charge in [-0.05, 0) is 31.9 Å². The summed E-state index contributed by atoms with van der Waals surface area (Å²) in [5.74, 6) is 0. The highest BCUT2D eigenvalue weighted by Gasteiger charge is 2.03. The fraction of sp³-hybridized carbons (Fsp3) is 0.455. The van der Waals surface area contributed by atoms with Crippen LogP contribution >= 0.6 is 11.6 Å². The number of hydrogen-bond donors (Lipinski definition) is 3. The van der Waals surface area contributed by atoms with Crippen LogP contribution in [-0.2, 0) is 0 Å². The van der Waals surface area contributed by atoms with Crippen molar-refractivity contribution < 1.29 is 5.11 Å². The molecule has 1 rings (SSSR count). The fourth-order valence-electron chi connectivity index (χ4n) is 1.34. The summed E-state index contributed by atoms with van der Waals surface area (Å²) in [5, 5.41) is 12.9. The summed E-state index contributed by atoms with van der Waals surface area (Å²) in [7, 11) is 0. The molecule has 3 nitrogen and oxygen atoms in total. The quantitative estimate of drug-likeness (QED) is 0.536. The van der Waals surface area contributed by atoms with Crippen LogP contribution in [0.15, 0.2) is 18.2 Å². The van der Waals surface area contributed by atoms with Crippen molar-refractivity contribution in [1.82, 2.24) is 0 Å². The Balaban J connectivity index is 2.43. The van der Waals surface area contributed by atoms with E-state index in [0.29, 0.717) is 10.7 Å². The SMILES string of the molecule is CC(O)CCCNc1c(N)cccc1Cl. The van der Waals surface area contributed by atoms with Gasteiger partial charge in [0.1, 0.15) is 0 Å². The second kappa shape index (κ2) is 5.83. The molecule has 1 aromatic rings. The molecule has 0 aromatic heterocycles. The molecule has 0 spiro atoms. The van der Waals surface area contributed by atoms with Gasteiger partial charge < -0.3 is 16.2 Å². The van der Waals surface area contributed by atoms with Crippen molar-refractivity contribution in [2.45, 2.75) is 25.9 Å². The monoisotopic (exact) mass is 228 g/mol. The van der Waals surface area contributed by atoms with Crippen LogP contribution < -0.4 is 11.1 Å². The number of nitrogen functional groups attached to an aromatic ring is 1. The van der Waals surface area contributed by atoms with Gasteiger partial charge in [-0.25, -0.2) is 0 Å². The van der Waals surface area contributed by atoms with E-state index in [1.165, 1.54) is 0 Å². The zero-order chi connectivity index (χ0) is 11.3. The van der Waals surface area contributed by atoms with Crippen LogP contribution in [0.3, 0.4) is 0 Å². The van der Waals surface area contributed by atoms with Crippen molar-refractivity contribution in [3.8, 4) is 0 Å².